The molecule has 0 saturated heterocycles. The number of carbonyl (C=O) groups is 1. The fourth-order valence-corrected chi connectivity index (χ4v) is 1.39. The first kappa shape index (κ1) is 16.2. The molecule has 3 heteroatoms. The van der Waals surface area contributed by atoms with Crippen LogP contribution in [0.1, 0.15) is 39.8 Å². The van der Waals surface area contributed by atoms with Gasteiger partial charge in [0.25, 0.3) is 0 Å². The molecule has 0 amide bonds. The summed E-state index contributed by atoms with van der Waals surface area (Å²) >= 11 is 0. The van der Waals surface area contributed by atoms with Crippen LogP contribution in [0.25, 0.3) is 0 Å². The number of benzene rings is 1. The lowest BCUT2D eigenvalue weighted by Gasteiger charge is -2.12. The van der Waals surface area contributed by atoms with Crippen LogP contribution in [0.3, 0.4) is 0 Å². The van der Waals surface area contributed by atoms with E-state index in [4.69, 9.17) is 4.74 Å². The van der Waals surface area contributed by atoms with Gasteiger partial charge in [0.15, 0.2) is 0 Å². The summed E-state index contributed by atoms with van der Waals surface area (Å²) in [5.74, 6) is -0.278. The van der Waals surface area contributed by atoms with Gasteiger partial charge in [-0.25, -0.2) is 4.79 Å². The third-order valence-electron chi connectivity index (χ3n) is 2.45. The fourth-order valence-electron chi connectivity index (χ4n) is 1.39. The van der Waals surface area contributed by atoms with E-state index in [0.717, 1.165) is 0 Å². The molecule has 0 aliphatic rings. The van der Waals surface area contributed by atoms with E-state index in [9.17, 15) is 4.79 Å². The molecule has 1 aromatic carbocycles. The Labute approximate surface area is 110 Å². The van der Waals surface area contributed by atoms with Gasteiger partial charge in [-0.15, -0.1) is 0 Å². The van der Waals surface area contributed by atoms with Gasteiger partial charge in [-0.05, 0) is 26.3 Å². The molecule has 18 heavy (non-hydrogen) atoms. The number of esters is 1. The molecule has 0 aliphatic carbocycles. The lowest BCUT2D eigenvalue weighted by atomic mass is 10.1. The Hall–Kier alpha value is -1.77. The minimum atomic E-state index is -0.278. The molecule has 0 aromatic heterocycles. The van der Waals surface area contributed by atoms with E-state index in [1.165, 1.54) is 5.56 Å². The molecule has 0 saturated carbocycles. The van der Waals surface area contributed by atoms with Crippen LogP contribution >= 0.6 is 0 Å². The van der Waals surface area contributed by atoms with E-state index in [2.05, 4.69) is 5.32 Å². The van der Waals surface area contributed by atoms with Crippen molar-refractivity contribution in [2.45, 2.75) is 34.2 Å². The Morgan fingerprint density at radius 3 is 2.56 bits per heavy atom. The lowest BCUT2D eigenvalue weighted by Crippen LogP contribution is -2.15. The van der Waals surface area contributed by atoms with Crippen LogP contribution in [0.15, 0.2) is 42.1 Å². The van der Waals surface area contributed by atoms with Gasteiger partial charge in [-0.1, -0.05) is 37.8 Å². The lowest BCUT2D eigenvalue weighted by molar-refractivity contribution is -0.138. The number of carbonyl (C=O) groups excluding carboxylic acids is 1. The van der Waals surface area contributed by atoms with E-state index in [1.54, 1.807) is 20.0 Å². The van der Waals surface area contributed by atoms with Crippen LogP contribution < -0.4 is 5.32 Å². The van der Waals surface area contributed by atoms with Crippen LogP contribution in [-0.4, -0.2) is 12.6 Å². The second kappa shape index (κ2) is 8.34. The summed E-state index contributed by atoms with van der Waals surface area (Å²) in [6, 6.07) is 10.2. The maximum Gasteiger partial charge on any atom is 0.335 e. The largest absolute Gasteiger partial charge is 0.463 e. The SMILES string of the molecule is C.CCOC(=O)/C(C)=C/NC(C)c1ccccc1. The van der Waals surface area contributed by atoms with Crippen molar-refractivity contribution in [3.63, 3.8) is 0 Å². The average molecular weight is 249 g/mol. The van der Waals surface area contributed by atoms with Gasteiger partial charge in [0.1, 0.15) is 0 Å². The zero-order valence-corrected chi connectivity index (χ0v) is 10.6. The number of ether oxygens (including phenoxy) is 1. The first-order valence-electron chi connectivity index (χ1n) is 5.80. The predicted molar refractivity (Wildman–Crippen MR) is 75.1 cm³/mol. The van der Waals surface area contributed by atoms with Crippen molar-refractivity contribution in [1.82, 2.24) is 5.32 Å². The Morgan fingerprint density at radius 1 is 1.39 bits per heavy atom. The highest BCUT2D eigenvalue weighted by molar-refractivity contribution is 5.87. The highest BCUT2D eigenvalue weighted by Crippen LogP contribution is 2.11. The van der Waals surface area contributed by atoms with Gasteiger partial charge < -0.3 is 10.1 Å². The maximum absolute atomic E-state index is 11.4. The van der Waals surface area contributed by atoms with Crippen molar-refractivity contribution in [1.29, 1.82) is 0 Å². The van der Waals surface area contributed by atoms with Crippen LogP contribution in [-0.2, 0) is 9.53 Å². The molecule has 1 N–H and O–H groups in total. The zero-order chi connectivity index (χ0) is 12.7. The second-order valence-electron chi connectivity index (χ2n) is 3.85. The monoisotopic (exact) mass is 249 g/mol. The smallest absolute Gasteiger partial charge is 0.335 e. The minimum Gasteiger partial charge on any atom is -0.463 e. The van der Waals surface area contributed by atoms with Crippen LogP contribution in [0.2, 0.25) is 0 Å². The summed E-state index contributed by atoms with van der Waals surface area (Å²) in [6.45, 7) is 5.98. The molecule has 0 bridgehead atoms. The second-order valence-corrected chi connectivity index (χ2v) is 3.85. The third-order valence-corrected chi connectivity index (χ3v) is 2.45. The molecule has 1 rings (SSSR count). The van der Waals surface area contributed by atoms with Crippen molar-refractivity contribution in [3.8, 4) is 0 Å². The first-order valence-corrected chi connectivity index (χ1v) is 5.80. The molecule has 1 aromatic rings. The first-order chi connectivity index (χ1) is 8.15. The highest BCUT2D eigenvalue weighted by atomic mass is 16.5. The molecule has 0 radical (unpaired) electrons. The molecule has 3 nitrogen and oxygen atoms in total. The maximum atomic E-state index is 11.4. The fraction of sp³-hybridized carbons (Fsp3) is 0.400. The topological polar surface area (TPSA) is 38.3 Å². The summed E-state index contributed by atoms with van der Waals surface area (Å²) in [4.78, 5) is 11.4. The van der Waals surface area contributed by atoms with E-state index >= 15 is 0 Å². The van der Waals surface area contributed by atoms with E-state index in [-0.39, 0.29) is 19.4 Å². The van der Waals surface area contributed by atoms with Crippen molar-refractivity contribution in [2.24, 2.45) is 0 Å². The Balaban J connectivity index is 0.00000289. The average Bonchev–Trinajstić information content (AvgIpc) is 2.36. The molecule has 0 spiro atoms. The predicted octanol–water partition coefficient (Wildman–Crippen LogP) is 3.44. The summed E-state index contributed by atoms with van der Waals surface area (Å²) in [7, 11) is 0. The molecular formula is C15H23NO2. The van der Waals surface area contributed by atoms with Gasteiger partial charge in [0.2, 0.25) is 0 Å². The Bertz CT molecular complexity index is 385. The zero-order valence-electron chi connectivity index (χ0n) is 10.6. The Kier molecular flexibility index (Phi) is 7.52. The van der Waals surface area contributed by atoms with E-state index < -0.39 is 0 Å². The van der Waals surface area contributed by atoms with E-state index in [1.807, 2.05) is 37.3 Å². The van der Waals surface area contributed by atoms with Gasteiger partial charge in [0, 0.05) is 17.8 Å². The van der Waals surface area contributed by atoms with Crippen molar-refractivity contribution in [2.75, 3.05) is 6.61 Å². The van der Waals surface area contributed by atoms with Crippen LogP contribution in [0.5, 0.6) is 0 Å². The third kappa shape index (κ3) is 5.04. The van der Waals surface area contributed by atoms with Crippen LogP contribution in [0, 0.1) is 0 Å². The van der Waals surface area contributed by atoms with Gasteiger partial charge in [-0.3, -0.25) is 0 Å². The number of hydrogen-bond donors (Lipinski definition) is 1. The van der Waals surface area contributed by atoms with Gasteiger partial charge in [0.05, 0.1) is 6.61 Å². The molecule has 0 aliphatic heterocycles. The molecule has 0 fully saturated rings. The van der Waals surface area contributed by atoms with Crippen molar-refractivity contribution in [3.05, 3.63) is 47.7 Å². The summed E-state index contributed by atoms with van der Waals surface area (Å²) in [6.07, 6.45) is 1.70. The standard InChI is InChI=1S/C14H19NO2.CH4/c1-4-17-14(16)11(2)10-15-12(3)13-8-6-5-7-9-13;/h5-10,12,15H,4H2,1-3H3;1H4/b11-10+;. The molecule has 100 valence electrons. The molecule has 1 atom stereocenters. The number of hydrogen-bond acceptors (Lipinski definition) is 3. The van der Waals surface area contributed by atoms with Crippen molar-refractivity contribution >= 4 is 5.97 Å². The van der Waals surface area contributed by atoms with Gasteiger partial charge in [-0.2, -0.15) is 0 Å². The summed E-state index contributed by atoms with van der Waals surface area (Å²) in [5, 5.41) is 3.18. The summed E-state index contributed by atoms with van der Waals surface area (Å²) in [5.41, 5.74) is 1.76. The number of rotatable bonds is 5. The normalized spacial score (nSPS) is 12.3. The quantitative estimate of drug-likeness (QED) is 0.641. The van der Waals surface area contributed by atoms with E-state index in [0.29, 0.717) is 12.2 Å². The van der Waals surface area contributed by atoms with Crippen LogP contribution in [0.4, 0.5) is 0 Å². The summed E-state index contributed by atoms with van der Waals surface area (Å²) < 4.78 is 4.89. The molecular weight excluding hydrogens is 226 g/mol. The highest BCUT2D eigenvalue weighted by Gasteiger charge is 2.06. The Morgan fingerprint density at radius 2 is 2.00 bits per heavy atom. The minimum absolute atomic E-state index is 0. The number of nitrogens with one attached hydrogen (secondary N) is 1. The van der Waals surface area contributed by atoms with Gasteiger partial charge >= 0.3 is 5.97 Å². The molecule has 1 unspecified atom stereocenters. The molecule has 0 heterocycles. The van der Waals surface area contributed by atoms with Crippen molar-refractivity contribution < 1.29 is 9.53 Å².